The fourth-order valence-corrected chi connectivity index (χ4v) is 4.20. The maximum absolute atomic E-state index is 13.4. The quantitative estimate of drug-likeness (QED) is 0.535. The van der Waals surface area contributed by atoms with Crippen molar-refractivity contribution in [3.63, 3.8) is 0 Å². The molecule has 8 heteroatoms. The molecule has 1 aliphatic heterocycles. The normalized spacial score (nSPS) is 13.4. The molecule has 0 bridgehead atoms. The molecular formula is C20H17Cl2N3O2S. The number of fused-ring (bicyclic) bond motifs is 1. The van der Waals surface area contributed by atoms with Gasteiger partial charge < -0.3 is 14.5 Å². The Morgan fingerprint density at radius 2 is 1.89 bits per heavy atom. The van der Waals surface area contributed by atoms with Gasteiger partial charge in [0.05, 0.1) is 21.4 Å². The van der Waals surface area contributed by atoms with E-state index in [0.29, 0.717) is 27.4 Å². The predicted molar refractivity (Wildman–Crippen MR) is 115 cm³/mol. The van der Waals surface area contributed by atoms with Crippen LogP contribution in [-0.4, -0.2) is 31.0 Å². The summed E-state index contributed by atoms with van der Waals surface area (Å²) in [6.45, 7) is 3.15. The monoisotopic (exact) mass is 433 g/mol. The summed E-state index contributed by atoms with van der Waals surface area (Å²) in [7, 11) is 2.02. The maximum Gasteiger partial charge on any atom is 0.281 e. The molecule has 0 N–H and O–H groups in total. The number of likely N-dealkylation sites (N-methyl/N-ethyl adjacent to an activating group) is 1. The second-order valence-corrected chi connectivity index (χ2v) is 8.42. The number of hydrogen-bond acceptors (Lipinski definition) is 5. The average molecular weight is 434 g/mol. The Morgan fingerprint density at radius 3 is 2.68 bits per heavy atom. The molecule has 2 heterocycles. The van der Waals surface area contributed by atoms with Crippen molar-refractivity contribution < 1.29 is 9.53 Å². The third-order valence-electron chi connectivity index (χ3n) is 4.49. The van der Waals surface area contributed by atoms with Crippen LogP contribution in [0.4, 0.5) is 11.4 Å². The van der Waals surface area contributed by atoms with Crippen LogP contribution in [0.1, 0.15) is 15.5 Å². The Kier molecular flexibility index (Phi) is 5.19. The highest BCUT2D eigenvalue weighted by Gasteiger charge is 2.30. The zero-order chi connectivity index (χ0) is 19.8. The van der Waals surface area contributed by atoms with Crippen LogP contribution in [0.2, 0.25) is 10.0 Å². The van der Waals surface area contributed by atoms with Gasteiger partial charge in [-0.25, -0.2) is 4.98 Å². The van der Waals surface area contributed by atoms with Crippen molar-refractivity contribution in [3.8, 4) is 10.8 Å². The molecule has 0 spiro atoms. The minimum Gasteiger partial charge on any atom is -0.442 e. The Hall–Kier alpha value is -2.28. The van der Waals surface area contributed by atoms with Crippen LogP contribution in [0, 0.1) is 6.92 Å². The number of thiazole rings is 1. The van der Waals surface area contributed by atoms with Crippen molar-refractivity contribution in [1.29, 1.82) is 0 Å². The molecule has 0 fully saturated rings. The summed E-state index contributed by atoms with van der Waals surface area (Å²) in [5, 5.41) is 2.06. The highest BCUT2D eigenvalue weighted by Crippen LogP contribution is 2.39. The van der Waals surface area contributed by atoms with E-state index in [4.69, 9.17) is 27.9 Å². The number of aromatic nitrogens is 1. The summed E-state index contributed by atoms with van der Waals surface area (Å²) < 4.78 is 5.94. The van der Waals surface area contributed by atoms with Crippen molar-refractivity contribution >= 4 is 51.8 Å². The van der Waals surface area contributed by atoms with Gasteiger partial charge in [0.25, 0.3) is 5.91 Å². The highest BCUT2D eigenvalue weighted by molar-refractivity contribution is 7.13. The predicted octanol–water partition coefficient (Wildman–Crippen LogP) is 5.65. The number of halogens is 2. The lowest BCUT2D eigenvalue weighted by Gasteiger charge is -2.35. The Labute approximate surface area is 177 Å². The number of aryl methyl sites for hydroxylation is 1. The van der Waals surface area contributed by atoms with Crippen molar-refractivity contribution in [2.45, 2.75) is 6.92 Å². The Balaban J connectivity index is 1.70. The second-order valence-electron chi connectivity index (χ2n) is 6.41. The summed E-state index contributed by atoms with van der Waals surface area (Å²) in [6, 6.07) is 12.8. The third kappa shape index (κ3) is 3.55. The lowest BCUT2D eigenvalue weighted by molar-refractivity contribution is 0.0980. The number of amides is 1. The van der Waals surface area contributed by atoms with E-state index in [-0.39, 0.29) is 11.6 Å². The fourth-order valence-electron chi connectivity index (χ4n) is 3.11. The van der Waals surface area contributed by atoms with Crippen LogP contribution in [0.15, 0.2) is 42.5 Å². The number of ether oxygens (including phenoxy) is 1. The first-order valence-electron chi connectivity index (χ1n) is 8.66. The summed E-state index contributed by atoms with van der Waals surface area (Å²) in [6.07, 6.45) is 0. The molecule has 0 atom stereocenters. The maximum atomic E-state index is 13.4. The summed E-state index contributed by atoms with van der Waals surface area (Å²) in [5.74, 6) is 0.198. The second kappa shape index (κ2) is 7.62. The van der Waals surface area contributed by atoms with Crippen molar-refractivity contribution in [2.24, 2.45) is 0 Å². The highest BCUT2D eigenvalue weighted by atomic mass is 35.5. The van der Waals surface area contributed by atoms with E-state index in [1.807, 2.05) is 38.2 Å². The number of carbonyl (C=O) groups is 1. The molecule has 0 unspecified atom stereocenters. The van der Waals surface area contributed by atoms with E-state index in [0.717, 1.165) is 22.9 Å². The van der Waals surface area contributed by atoms with E-state index in [9.17, 15) is 4.79 Å². The summed E-state index contributed by atoms with van der Waals surface area (Å²) >= 11 is 13.6. The lowest BCUT2D eigenvalue weighted by atomic mass is 10.1. The zero-order valence-corrected chi connectivity index (χ0v) is 17.6. The van der Waals surface area contributed by atoms with E-state index >= 15 is 0 Å². The van der Waals surface area contributed by atoms with Gasteiger partial charge in [-0.1, -0.05) is 46.7 Å². The van der Waals surface area contributed by atoms with Crippen LogP contribution in [0.5, 0.6) is 10.8 Å². The zero-order valence-electron chi connectivity index (χ0n) is 15.3. The van der Waals surface area contributed by atoms with Crippen molar-refractivity contribution in [2.75, 3.05) is 29.9 Å². The third-order valence-corrected chi connectivity index (χ3v) is 5.89. The Bertz CT molecular complexity index is 1050. The molecule has 3 aromatic rings. The number of carbonyl (C=O) groups excluding carboxylic acids is 1. The van der Waals surface area contributed by atoms with Gasteiger partial charge in [-0.2, -0.15) is 0 Å². The topological polar surface area (TPSA) is 45.7 Å². The average Bonchev–Trinajstić information content (AvgIpc) is 3.05. The van der Waals surface area contributed by atoms with Gasteiger partial charge in [0.2, 0.25) is 5.06 Å². The minimum absolute atomic E-state index is 0.196. The number of benzene rings is 2. The fraction of sp³-hybridized carbons (Fsp3) is 0.200. The number of para-hydroxylation sites is 2. The van der Waals surface area contributed by atoms with Crippen LogP contribution in [-0.2, 0) is 0 Å². The van der Waals surface area contributed by atoms with E-state index in [1.54, 1.807) is 23.1 Å². The van der Waals surface area contributed by atoms with E-state index in [2.05, 4.69) is 9.88 Å². The molecule has 0 saturated carbocycles. The molecular weight excluding hydrogens is 417 g/mol. The van der Waals surface area contributed by atoms with Gasteiger partial charge in [-0.15, -0.1) is 0 Å². The Morgan fingerprint density at radius 1 is 1.14 bits per heavy atom. The van der Waals surface area contributed by atoms with Gasteiger partial charge in [0, 0.05) is 31.2 Å². The first-order chi connectivity index (χ1) is 13.4. The molecule has 28 heavy (non-hydrogen) atoms. The van der Waals surface area contributed by atoms with Crippen molar-refractivity contribution in [1.82, 2.24) is 4.98 Å². The van der Waals surface area contributed by atoms with Gasteiger partial charge in [0.15, 0.2) is 5.69 Å². The number of anilines is 2. The first-order valence-corrected chi connectivity index (χ1v) is 10.2. The van der Waals surface area contributed by atoms with Crippen LogP contribution >= 0.6 is 34.5 Å². The van der Waals surface area contributed by atoms with Crippen molar-refractivity contribution in [3.05, 3.63) is 63.2 Å². The van der Waals surface area contributed by atoms with E-state index < -0.39 is 0 Å². The molecule has 5 nitrogen and oxygen atoms in total. The molecule has 1 aromatic heterocycles. The molecule has 0 saturated heterocycles. The molecule has 1 aliphatic rings. The molecule has 4 rings (SSSR count). The smallest absolute Gasteiger partial charge is 0.281 e. The molecule has 144 valence electrons. The summed E-state index contributed by atoms with van der Waals surface area (Å²) in [4.78, 5) is 21.7. The van der Waals surface area contributed by atoms with Crippen LogP contribution < -0.4 is 14.5 Å². The standard InChI is InChI=1S/C20H17Cl2N3O2S/c1-12-23-18(20(28-12)27-17-11-13(21)7-8-14(17)22)19(26)25-10-9-24(2)15-5-3-4-6-16(15)25/h3-8,11H,9-10H2,1-2H3. The van der Waals surface area contributed by atoms with Gasteiger partial charge in [-0.05, 0) is 31.2 Å². The van der Waals surface area contributed by atoms with Gasteiger partial charge in [0.1, 0.15) is 5.75 Å². The van der Waals surface area contributed by atoms with Crippen LogP contribution in [0.3, 0.4) is 0 Å². The lowest BCUT2D eigenvalue weighted by Crippen LogP contribution is -2.42. The van der Waals surface area contributed by atoms with E-state index in [1.165, 1.54) is 11.3 Å². The van der Waals surface area contributed by atoms with Crippen LogP contribution in [0.25, 0.3) is 0 Å². The molecule has 2 aromatic carbocycles. The van der Waals surface area contributed by atoms with Gasteiger partial charge in [-0.3, -0.25) is 4.79 Å². The molecule has 0 radical (unpaired) electrons. The molecule has 1 amide bonds. The summed E-state index contributed by atoms with van der Waals surface area (Å²) in [5.41, 5.74) is 2.14. The minimum atomic E-state index is -0.196. The first kappa shape index (κ1) is 19.1. The molecule has 0 aliphatic carbocycles. The number of hydrogen-bond donors (Lipinski definition) is 0. The van der Waals surface area contributed by atoms with Gasteiger partial charge >= 0.3 is 0 Å². The SMILES string of the molecule is Cc1nc(C(=O)N2CCN(C)c3ccccc32)c(Oc2cc(Cl)ccc2Cl)s1. The number of rotatable bonds is 3. The number of nitrogens with zero attached hydrogens (tertiary/aromatic N) is 3. The largest absolute Gasteiger partial charge is 0.442 e.